The lowest BCUT2D eigenvalue weighted by Crippen LogP contribution is -2.41. The van der Waals surface area contributed by atoms with Crippen molar-refractivity contribution < 1.29 is 13.2 Å². The quantitative estimate of drug-likeness (QED) is 0.872. The van der Waals surface area contributed by atoms with Gasteiger partial charge in [0, 0.05) is 6.20 Å². The third-order valence-electron chi connectivity index (χ3n) is 3.58. The summed E-state index contributed by atoms with van der Waals surface area (Å²) in [5.41, 5.74) is -0.0842. The van der Waals surface area contributed by atoms with Gasteiger partial charge >= 0.3 is 0 Å². The summed E-state index contributed by atoms with van der Waals surface area (Å²) in [5, 5.41) is 8.92. The average molecular weight is 279 g/mol. The highest BCUT2D eigenvalue weighted by atomic mass is 32.2. The lowest BCUT2D eigenvalue weighted by Gasteiger charge is -2.20. The molecule has 0 saturated carbocycles. The van der Waals surface area contributed by atoms with Crippen molar-refractivity contribution in [2.24, 2.45) is 0 Å². The van der Waals surface area contributed by atoms with Gasteiger partial charge in [-0.1, -0.05) is 0 Å². The van der Waals surface area contributed by atoms with Gasteiger partial charge in [0.2, 0.25) is 10.0 Å². The SMILES string of the molecule is N#Cc1ncccc1S(=O)(=O)NC1CC2CCC1O2. The fourth-order valence-electron chi connectivity index (χ4n) is 2.72. The molecule has 1 aromatic heterocycles. The molecule has 2 aliphatic heterocycles. The van der Waals surface area contributed by atoms with E-state index in [0.717, 1.165) is 12.8 Å². The maximum Gasteiger partial charge on any atom is 0.243 e. The molecule has 0 radical (unpaired) electrons. The largest absolute Gasteiger partial charge is 0.373 e. The molecular formula is C12H13N3O3S. The van der Waals surface area contributed by atoms with E-state index in [4.69, 9.17) is 10.00 Å². The van der Waals surface area contributed by atoms with E-state index < -0.39 is 10.0 Å². The molecule has 0 aliphatic carbocycles. The van der Waals surface area contributed by atoms with E-state index in [1.807, 2.05) is 0 Å². The number of ether oxygens (including phenoxy) is 1. The van der Waals surface area contributed by atoms with Crippen molar-refractivity contribution in [3.8, 4) is 6.07 Å². The second-order valence-electron chi connectivity index (χ2n) is 4.80. The molecule has 1 N–H and O–H groups in total. The lowest BCUT2D eigenvalue weighted by molar-refractivity contribution is 0.0996. The highest BCUT2D eigenvalue weighted by molar-refractivity contribution is 7.89. The van der Waals surface area contributed by atoms with Gasteiger partial charge in [0.1, 0.15) is 11.0 Å². The third-order valence-corrected chi connectivity index (χ3v) is 5.10. The van der Waals surface area contributed by atoms with E-state index in [0.29, 0.717) is 6.42 Å². The Bertz CT molecular complexity index is 638. The number of rotatable bonds is 3. The topological polar surface area (TPSA) is 92.1 Å². The van der Waals surface area contributed by atoms with Crippen LogP contribution in [0, 0.1) is 11.3 Å². The Hall–Kier alpha value is -1.49. The molecule has 0 aromatic carbocycles. The fourth-order valence-corrected chi connectivity index (χ4v) is 4.10. The van der Waals surface area contributed by atoms with Crippen LogP contribution in [0.2, 0.25) is 0 Å². The standard InChI is InChI=1S/C12H13N3O3S/c13-7-10-12(2-1-5-14-10)19(16,17)15-9-6-8-3-4-11(9)18-8/h1-2,5,8-9,11,15H,3-4,6H2. The molecule has 2 fully saturated rings. The van der Waals surface area contributed by atoms with Gasteiger partial charge in [0.05, 0.1) is 18.2 Å². The minimum atomic E-state index is -3.72. The number of sulfonamides is 1. The van der Waals surface area contributed by atoms with Crippen LogP contribution in [0.1, 0.15) is 25.0 Å². The molecular weight excluding hydrogens is 266 g/mol. The van der Waals surface area contributed by atoms with Crippen molar-refractivity contribution in [2.75, 3.05) is 0 Å². The zero-order valence-electron chi connectivity index (χ0n) is 10.1. The van der Waals surface area contributed by atoms with Crippen molar-refractivity contribution in [1.29, 1.82) is 5.26 Å². The van der Waals surface area contributed by atoms with Gasteiger partial charge in [-0.2, -0.15) is 5.26 Å². The first-order valence-electron chi connectivity index (χ1n) is 6.13. The molecule has 3 rings (SSSR count). The van der Waals surface area contributed by atoms with Gasteiger partial charge in [-0.05, 0) is 31.4 Å². The molecule has 3 heterocycles. The summed E-state index contributed by atoms with van der Waals surface area (Å²) in [7, 11) is -3.72. The highest BCUT2D eigenvalue weighted by Gasteiger charge is 2.42. The van der Waals surface area contributed by atoms with E-state index in [1.165, 1.54) is 18.3 Å². The lowest BCUT2D eigenvalue weighted by atomic mass is 9.96. The number of hydrogen-bond acceptors (Lipinski definition) is 5. The van der Waals surface area contributed by atoms with Crippen LogP contribution in [0.15, 0.2) is 23.2 Å². The zero-order valence-corrected chi connectivity index (χ0v) is 10.9. The Morgan fingerprint density at radius 2 is 2.32 bits per heavy atom. The van der Waals surface area contributed by atoms with Crippen LogP contribution >= 0.6 is 0 Å². The molecule has 19 heavy (non-hydrogen) atoms. The Morgan fingerprint density at radius 1 is 1.47 bits per heavy atom. The van der Waals surface area contributed by atoms with Gasteiger partial charge in [-0.3, -0.25) is 0 Å². The number of nitrogens with one attached hydrogen (secondary N) is 1. The van der Waals surface area contributed by atoms with Crippen LogP contribution in [-0.2, 0) is 14.8 Å². The molecule has 2 aliphatic rings. The third kappa shape index (κ3) is 2.23. The first kappa shape index (κ1) is 12.5. The Labute approximate surface area is 111 Å². The number of nitrogens with zero attached hydrogens (tertiary/aromatic N) is 2. The van der Waals surface area contributed by atoms with E-state index in [1.54, 1.807) is 6.07 Å². The van der Waals surface area contributed by atoms with Crippen molar-refractivity contribution in [1.82, 2.24) is 9.71 Å². The van der Waals surface area contributed by atoms with Crippen LogP contribution in [-0.4, -0.2) is 31.7 Å². The van der Waals surface area contributed by atoms with Gasteiger partial charge in [-0.25, -0.2) is 18.1 Å². The van der Waals surface area contributed by atoms with Crippen LogP contribution in [0.25, 0.3) is 0 Å². The molecule has 2 bridgehead atoms. The minimum absolute atomic E-state index is 0.0398. The summed E-state index contributed by atoms with van der Waals surface area (Å²) >= 11 is 0. The summed E-state index contributed by atoms with van der Waals surface area (Å²) in [5.74, 6) is 0. The summed E-state index contributed by atoms with van der Waals surface area (Å²) in [6, 6.07) is 4.50. The Balaban J connectivity index is 1.85. The van der Waals surface area contributed by atoms with E-state index in [9.17, 15) is 8.42 Å². The number of fused-ring (bicyclic) bond motifs is 2. The number of nitriles is 1. The number of hydrogen-bond donors (Lipinski definition) is 1. The van der Waals surface area contributed by atoms with Crippen molar-refractivity contribution in [3.05, 3.63) is 24.0 Å². The zero-order chi connectivity index (χ0) is 13.5. The van der Waals surface area contributed by atoms with Gasteiger partial charge in [0.15, 0.2) is 5.69 Å². The van der Waals surface area contributed by atoms with E-state index >= 15 is 0 Å². The van der Waals surface area contributed by atoms with E-state index in [-0.39, 0.29) is 28.8 Å². The van der Waals surface area contributed by atoms with Crippen molar-refractivity contribution in [3.63, 3.8) is 0 Å². The van der Waals surface area contributed by atoms with Crippen molar-refractivity contribution in [2.45, 2.75) is 42.4 Å². The maximum absolute atomic E-state index is 12.3. The molecule has 2 saturated heterocycles. The van der Waals surface area contributed by atoms with Crippen LogP contribution in [0.5, 0.6) is 0 Å². The molecule has 3 unspecified atom stereocenters. The van der Waals surface area contributed by atoms with Crippen LogP contribution < -0.4 is 4.72 Å². The Kier molecular flexibility index (Phi) is 3.01. The number of pyridine rings is 1. The van der Waals surface area contributed by atoms with E-state index in [2.05, 4.69) is 9.71 Å². The molecule has 0 spiro atoms. The second-order valence-corrected chi connectivity index (χ2v) is 6.48. The summed E-state index contributed by atoms with van der Waals surface area (Å²) in [6.45, 7) is 0. The highest BCUT2D eigenvalue weighted by Crippen LogP contribution is 2.35. The first-order chi connectivity index (χ1) is 9.10. The maximum atomic E-state index is 12.3. The fraction of sp³-hybridized carbons (Fsp3) is 0.500. The van der Waals surface area contributed by atoms with Gasteiger partial charge < -0.3 is 4.74 Å². The van der Waals surface area contributed by atoms with Gasteiger partial charge in [0.25, 0.3) is 0 Å². The monoisotopic (exact) mass is 279 g/mol. The summed E-state index contributed by atoms with van der Waals surface area (Å²) in [6.07, 6.45) is 4.11. The molecule has 6 nitrogen and oxygen atoms in total. The van der Waals surface area contributed by atoms with Crippen LogP contribution in [0.4, 0.5) is 0 Å². The predicted molar refractivity (Wildman–Crippen MR) is 65.6 cm³/mol. The van der Waals surface area contributed by atoms with Crippen molar-refractivity contribution >= 4 is 10.0 Å². The normalized spacial score (nSPS) is 29.3. The average Bonchev–Trinajstić information content (AvgIpc) is 3.00. The van der Waals surface area contributed by atoms with Gasteiger partial charge in [-0.15, -0.1) is 0 Å². The summed E-state index contributed by atoms with van der Waals surface area (Å²) < 4.78 is 32.8. The van der Waals surface area contributed by atoms with Crippen LogP contribution in [0.3, 0.4) is 0 Å². The molecule has 100 valence electrons. The smallest absolute Gasteiger partial charge is 0.243 e. The minimum Gasteiger partial charge on any atom is -0.373 e. The molecule has 0 amide bonds. The molecule has 1 aromatic rings. The second kappa shape index (κ2) is 4.56. The molecule has 3 atom stereocenters. The predicted octanol–water partition coefficient (Wildman–Crippen LogP) is 0.551. The Morgan fingerprint density at radius 3 is 2.95 bits per heavy atom. The summed E-state index contributed by atoms with van der Waals surface area (Å²) in [4.78, 5) is 3.71. The first-order valence-corrected chi connectivity index (χ1v) is 7.61. The molecule has 7 heteroatoms. The number of aromatic nitrogens is 1.